The highest BCUT2D eigenvalue weighted by atomic mass is 16.5. The molecule has 0 bridgehead atoms. The highest BCUT2D eigenvalue weighted by Crippen LogP contribution is 2.24. The molecule has 0 aliphatic carbocycles. The van der Waals surface area contributed by atoms with E-state index in [1.54, 1.807) is 16.9 Å². The van der Waals surface area contributed by atoms with E-state index in [-0.39, 0.29) is 11.8 Å². The standard InChI is InChI=1S/C24H34N4O3/c1-17-21(18(2)27(4)25-17)13-14-26(3)24(30)22-11-6-7-12-23(29)28(22)16-19-9-8-10-20(15-19)31-5/h8-10,15,22H,6-7,11-14,16H2,1-5H3. The van der Waals surface area contributed by atoms with Crippen molar-refractivity contribution in [2.45, 2.75) is 58.5 Å². The molecule has 2 heterocycles. The largest absolute Gasteiger partial charge is 0.497 e. The average molecular weight is 427 g/mol. The van der Waals surface area contributed by atoms with Gasteiger partial charge >= 0.3 is 0 Å². The molecule has 0 saturated carbocycles. The lowest BCUT2D eigenvalue weighted by Crippen LogP contribution is -2.49. The van der Waals surface area contributed by atoms with Crippen molar-refractivity contribution in [3.8, 4) is 5.75 Å². The van der Waals surface area contributed by atoms with E-state index in [0.29, 0.717) is 25.9 Å². The molecular formula is C24H34N4O3. The van der Waals surface area contributed by atoms with E-state index in [1.165, 1.54) is 5.56 Å². The van der Waals surface area contributed by atoms with Gasteiger partial charge in [0.05, 0.1) is 12.8 Å². The summed E-state index contributed by atoms with van der Waals surface area (Å²) in [7, 11) is 5.40. The minimum atomic E-state index is -0.428. The summed E-state index contributed by atoms with van der Waals surface area (Å²) in [5.74, 6) is 0.810. The van der Waals surface area contributed by atoms with Crippen molar-refractivity contribution < 1.29 is 14.3 Å². The molecule has 1 unspecified atom stereocenters. The molecule has 2 aromatic rings. The maximum absolute atomic E-state index is 13.4. The van der Waals surface area contributed by atoms with Gasteiger partial charge in [-0.05, 0) is 56.4 Å². The highest BCUT2D eigenvalue weighted by molar-refractivity contribution is 5.88. The van der Waals surface area contributed by atoms with Crippen LogP contribution in [0.4, 0.5) is 0 Å². The molecule has 7 heteroatoms. The fraction of sp³-hybridized carbons (Fsp3) is 0.542. The van der Waals surface area contributed by atoms with Gasteiger partial charge in [0, 0.05) is 39.3 Å². The minimum Gasteiger partial charge on any atom is -0.497 e. The van der Waals surface area contributed by atoms with Crippen LogP contribution in [-0.4, -0.2) is 58.1 Å². The third-order valence-electron chi connectivity index (χ3n) is 6.32. The SMILES string of the molecule is COc1cccc(CN2C(=O)CCCCC2C(=O)N(C)CCc2c(C)nn(C)c2C)c1. The summed E-state index contributed by atoms with van der Waals surface area (Å²) in [5, 5.41) is 4.47. The van der Waals surface area contributed by atoms with Gasteiger partial charge in [-0.2, -0.15) is 5.10 Å². The number of amides is 2. The van der Waals surface area contributed by atoms with Crippen LogP contribution in [0.3, 0.4) is 0 Å². The van der Waals surface area contributed by atoms with Crippen LogP contribution in [0.5, 0.6) is 5.75 Å². The molecular weight excluding hydrogens is 392 g/mol. The monoisotopic (exact) mass is 426 g/mol. The Kier molecular flexibility index (Phi) is 7.36. The van der Waals surface area contributed by atoms with E-state index in [0.717, 1.165) is 42.0 Å². The molecule has 1 atom stereocenters. The predicted molar refractivity (Wildman–Crippen MR) is 120 cm³/mol. The smallest absolute Gasteiger partial charge is 0.245 e. The summed E-state index contributed by atoms with van der Waals surface area (Å²) < 4.78 is 7.20. The molecule has 1 aromatic heterocycles. The number of methoxy groups -OCH3 is 1. The number of rotatable bonds is 7. The molecule has 1 aliphatic heterocycles. The zero-order valence-corrected chi connectivity index (χ0v) is 19.4. The number of ether oxygens (including phenoxy) is 1. The normalized spacial score (nSPS) is 16.9. The summed E-state index contributed by atoms with van der Waals surface area (Å²) in [6.07, 6.45) is 3.65. The number of carbonyl (C=O) groups is 2. The number of aryl methyl sites for hydroxylation is 2. The number of aromatic nitrogens is 2. The molecule has 3 rings (SSSR count). The molecule has 1 fully saturated rings. The first-order valence-corrected chi connectivity index (χ1v) is 11.0. The maximum atomic E-state index is 13.4. The summed E-state index contributed by atoms with van der Waals surface area (Å²) in [5.41, 5.74) is 4.29. The summed E-state index contributed by atoms with van der Waals surface area (Å²) in [6, 6.07) is 7.27. The number of nitrogens with zero attached hydrogens (tertiary/aromatic N) is 4. The van der Waals surface area contributed by atoms with Crippen molar-refractivity contribution in [3.63, 3.8) is 0 Å². The summed E-state index contributed by atoms with van der Waals surface area (Å²) in [4.78, 5) is 29.8. The van der Waals surface area contributed by atoms with Crippen LogP contribution in [-0.2, 0) is 29.6 Å². The lowest BCUT2D eigenvalue weighted by Gasteiger charge is -2.32. The summed E-state index contributed by atoms with van der Waals surface area (Å²) in [6.45, 7) is 5.08. The number of likely N-dealkylation sites (tertiary alicyclic amines) is 1. The fourth-order valence-corrected chi connectivity index (χ4v) is 4.33. The van der Waals surface area contributed by atoms with Crippen LogP contribution < -0.4 is 4.74 Å². The van der Waals surface area contributed by atoms with Gasteiger partial charge in [-0.1, -0.05) is 18.6 Å². The quantitative estimate of drug-likeness (QED) is 0.683. The second-order valence-corrected chi connectivity index (χ2v) is 8.42. The zero-order chi connectivity index (χ0) is 22.5. The molecule has 31 heavy (non-hydrogen) atoms. The maximum Gasteiger partial charge on any atom is 0.245 e. The first-order valence-electron chi connectivity index (χ1n) is 11.0. The molecule has 0 spiro atoms. The van der Waals surface area contributed by atoms with Crippen molar-refractivity contribution in [1.82, 2.24) is 19.6 Å². The predicted octanol–water partition coefficient (Wildman–Crippen LogP) is 3.02. The van der Waals surface area contributed by atoms with Crippen LogP contribution in [0, 0.1) is 13.8 Å². The van der Waals surface area contributed by atoms with Crippen LogP contribution in [0.2, 0.25) is 0 Å². The lowest BCUT2D eigenvalue weighted by atomic mass is 10.1. The third kappa shape index (κ3) is 5.27. The number of hydrogen-bond donors (Lipinski definition) is 0. The Morgan fingerprint density at radius 3 is 2.74 bits per heavy atom. The van der Waals surface area contributed by atoms with Crippen LogP contribution >= 0.6 is 0 Å². The average Bonchev–Trinajstić information content (AvgIpc) is 2.89. The van der Waals surface area contributed by atoms with E-state index in [1.807, 2.05) is 50.0 Å². The molecule has 7 nitrogen and oxygen atoms in total. The van der Waals surface area contributed by atoms with Gasteiger partial charge in [-0.25, -0.2) is 0 Å². The van der Waals surface area contributed by atoms with Crippen molar-refractivity contribution in [2.75, 3.05) is 20.7 Å². The topological polar surface area (TPSA) is 67.7 Å². The van der Waals surface area contributed by atoms with Gasteiger partial charge in [-0.3, -0.25) is 14.3 Å². The van der Waals surface area contributed by atoms with Crippen molar-refractivity contribution in [2.24, 2.45) is 7.05 Å². The van der Waals surface area contributed by atoms with Gasteiger partial charge in [0.1, 0.15) is 11.8 Å². The van der Waals surface area contributed by atoms with E-state index in [9.17, 15) is 9.59 Å². The van der Waals surface area contributed by atoms with Crippen molar-refractivity contribution in [3.05, 3.63) is 46.8 Å². The first-order chi connectivity index (χ1) is 14.8. The zero-order valence-electron chi connectivity index (χ0n) is 19.4. The van der Waals surface area contributed by atoms with Crippen molar-refractivity contribution in [1.29, 1.82) is 0 Å². The molecule has 0 N–H and O–H groups in total. The molecule has 1 saturated heterocycles. The van der Waals surface area contributed by atoms with Crippen LogP contribution in [0.25, 0.3) is 0 Å². The number of hydrogen-bond acceptors (Lipinski definition) is 4. The van der Waals surface area contributed by atoms with Crippen molar-refractivity contribution >= 4 is 11.8 Å². The first kappa shape index (κ1) is 22.8. The highest BCUT2D eigenvalue weighted by Gasteiger charge is 2.33. The molecule has 1 aromatic carbocycles. The van der Waals surface area contributed by atoms with Crippen LogP contribution in [0.1, 0.15) is 48.2 Å². The number of carbonyl (C=O) groups excluding carboxylic acids is 2. The Hall–Kier alpha value is -2.83. The van der Waals surface area contributed by atoms with Gasteiger partial charge in [0.2, 0.25) is 11.8 Å². The second-order valence-electron chi connectivity index (χ2n) is 8.42. The van der Waals surface area contributed by atoms with Gasteiger partial charge in [-0.15, -0.1) is 0 Å². The summed E-state index contributed by atoms with van der Waals surface area (Å²) >= 11 is 0. The van der Waals surface area contributed by atoms with Gasteiger partial charge in [0.25, 0.3) is 0 Å². The van der Waals surface area contributed by atoms with E-state index >= 15 is 0 Å². The Labute approximate surface area is 185 Å². The Morgan fingerprint density at radius 2 is 2.06 bits per heavy atom. The number of likely N-dealkylation sites (N-methyl/N-ethyl adjacent to an activating group) is 1. The Morgan fingerprint density at radius 1 is 1.29 bits per heavy atom. The fourth-order valence-electron chi connectivity index (χ4n) is 4.33. The third-order valence-corrected chi connectivity index (χ3v) is 6.32. The molecule has 1 aliphatic rings. The van der Waals surface area contributed by atoms with Gasteiger partial charge in [0.15, 0.2) is 0 Å². The van der Waals surface area contributed by atoms with E-state index in [4.69, 9.17) is 4.74 Å². The van der Waals surface area contributed by atoms with E-state index < -0.39 is 6.04 Å². The Balaban J connectivity index is 1.74. The van der Waals surface area contributed by atoms with Gasteiger partial charge < -0.3 is 14.5 Å². The van der Waals surface area contributed by atoms with E-state index in [2.05, 4.69) is 12.0 Å². The molecule has 0 radical (unpaired) electrons. The lowest BCUT2D eigenvalue weighted by molar-refractivity contribution is -0.145. The Bertz CT molecular complexity index is 937. The molecule has 2 amide bonds. The van der Waals surface area contributed by atoms with Crippen LogP contribution in [0.15, 0.2) is 24.3 Å². The second kappa shape index (κ2) is 9.98. The molecule has 168 valence electrons. The minimum absolute atomic E-state index is 0.0114. The number of benzene rings is 1.